The van der Waals surface area contributed by atoms with Crippen LogP contribution in [0.1, 0.15) is 5.69 Å². The second-order valence-corrected chi connectivity index (χ2v) is 3.74. The highest BCUT2D eigenvalue weighted by Gasteiger charge is 2.03. The number of nitrogens with two attached hydrogens (primary N) is 1. The predicted octanol–water partition coefficient (Wildman–Crippen LogP) is -0.130. The number of nitrogens with zero attached hydrogens (tertiary/aromatic N) is 1. The van der Waals surface area contributed by atoms with E-state index in [0.29, 0.717) is 5.69 Å². The molecule has 60 valence electrons. The van der Waals surface area contributed by atoms with Crippen LogP contribution >= 0.6 is 0 Å². The highest BCUT2D eigenvalue weighted by Crippen LogP contribution is 1.96. The number of aromatic nitrogens is 1. The van der Waals surface area contributed by atoms with E-state index in [1.807, 2.05) is 0 Å². The third-order valence-corrected chi connectivity index (χ3v) is 1.77. The standard InChI is InChI=1S/C6H8N2O2S/c7-11(9,10)5-6-3-1-2-4-8-6/h1-4H,5H2,(H2,7,9,10). The maximum absolute atomic E-state index is 10.5. The van der Waals surface area contributed by atoms with E-state index >= 15 is 0 Å². The van der Waals surface area contributed by atoms with Crippen molar-refractivity contribution in [2.75, 3.05) is 0 Å². The zero-order valence-electron chi connectivity index (χ0n) is 5.77. The molecule has 4 nitrogen and oxygen atoms in total. The maximum atomic E-state index is 10.5. The van der Waals surface area contributed by atoms with Gasteiger partial charge in [0.2, 0.25) is 10.0 Å². The molecule has 0 spiro atoms. The van der Waals surface area contributed by atoms with E-state index < -0.39 is 10.0 Å². The number of sulfonamides is 1. The lowest BCUT2D eigenvalue weighted by Gasteiger charge is -1.95. The lowest BCUT2D eigenvalue weighted by molar-refractivity contribution is 0.596. The summed E-state index contributed by atoms with van der Waals surface area (Å²) in [5.74, 6) is -0.201. The van der Waals surface area contributed by atoms with Crippen LogP contribution in [0.5, 0.6) is 0 Å². The summed E-state index contributed by atoms with van der Waals surface area (Å²) in [5, 5.41) is 4.80. The molecule has 1 aromatic heterocycles. The first kappa shape index (κ1) is 8.16. The number of hydrogen-bond acceptors (Lipinski definition) is 3. The van der Waals surface area contributed by atoms with Gasteiger partial charge in [-0.15, -0.1) is 0 Å². The molecule has 0 fully saturated rings. The van der Waals surface area contributed by atoms with E-state index in [-0.39, 0.29) is 5.75 Å². The molecule has 5 heteroatoms. The Morgan fingerprint density at radius 1 is 1.45 bits per heavy atom. The Bertz CT molecular complexity index is 320. The topological polar surface area (TPSA) is 73.1 Å². The van der Waals surface area contributed by atoms with Crippen LogP contribution in [0.25, 0.3) is 0 Å². The Morgan fingerprint density at radius 3 is 2.64 bits per heavy atom. The van der Waals surface area contributed by atoms with Crippen LogP contribution in [0, 0.1) is 0 Å². The Morgan fingerprint density at radius 2 is 2.18 bits per heavy atom. The molecular formula is C6H8N2O2S. The highest BCUT2D eigenvalue weighted by molar-refractivity contribution is 7.88. The molecule has 1 heterocycles. The monoisotopic (exact) mass is 172 g/mol. The molecule has 1 aromatic rings. The molecule has 2 N–H and O–H groups in total. The van der Waals surface area contributed by atoms with Crippen molar-refractivity contribution >= 4 is 10.0 Å². The molecule has 11 heavy (non-hydrogen) atoms. The van der Waals surface area contributed by atoms with Crippen molar-refractivity contribution in [2.45, 2.75) is 5.75 Å². The third-order valence-electron chi connectivity index (χ3n) is 1.08. The van der Waals surface area contributed by atoms with E-state index in [1.54, 1.807) is 18.2 Å². The summed E-state index contributed by atoms with van der Waals surface area (Å²) in [6.07, 6.45) is 1.53. The summed E-state index contributed by atoms with van der Waals surface area (Å²) in [4.78, 5) is 3.80. The van der Waals surface area contributed by atoms with E-state index in [2.05, 4.69) is 4.98 Å². The average Bonchev–Trinajstić information content (AvgIpc) is 1.85. The zero-order valence-corrected chi connectivity index (χ0v) is 6.58. The van der Waals surface area contributed by atoms with Crippen LogP contribution in [-0.2, 0) is 15.8 Å². The van der Waals surface area contributed by atoms with E-state index in [1.165, 1.54) is 6.20 Å². The van der Waals surface area contributed by atoms with Gasteiger partial charge in [-0.2, -0.15) is 0 Å². The molecular weight excluding hydrogens is 164 g/mol. The van der Waals surface area contributed by atoms with Gasteiger partial charge in [-0.25, -0.2) is 13.6 Å². The number of hydrogen-bond donors (Lipinski definition) is 1. The minimum Gasteiger partial charge on any atom is -0.260 e. The van der Waals surface area contributed by atoms with Gasteiger partial charge < -0.3 is 0 Å². The Hall–Kier alpha value is -0.940. The normalized spacial score (nSPS) is 11.4. The van der Waals surface area contributed by atoms with Crippen LogP contribution in [0.4, 0.5) is 0 Å². The van der Waals surface area contributed by atoms with Gasteiger partial charge in [-0.1, -0.05) is 6.07 Å². The summed E-state index contributed by atoms with van der Waals surface area (Å²) in [6.45, 7) is 0. The summed E-state index contributed by atoms with van der Waals surface area (Å²) in [5.41, 5.74) is 0.468. The molecule has 0 aliphatic rings. The second-order valence-electron chi connectivity index (χ2n) is 2.13. The van der Waals surface area contributed by atoms with Gasteiger partial charge in [0.05, 0.1) is 5.69 Å². The first-order valence-corrected chi connectivity index (χ1v) is 4.70. The lowest BCUT2D eigenvalue weighted by atomic mass is 10.4. The van der Waals surface area contributed by atoms with Crippen molar-refractivity contribution in [3.63, 3.8) is 0 Å². The van der Waals surface area contributed by atoms with Gasteiger partial charge >= 0.3 is 0 Å². The molecule has 0 amide bonds. The van der Waals surface area contributed by atoms with E-state index in [4.69, 9.17) is 5.14 Å². The van der Waals surface area contributed by atoms with Crippen molar-refractivity contribution in [1.29, 1.82) is 0 Å². The molecule has 0 saturated carbocycles. The Kier molecular flexibility index (Phi) is 2.21. The number of pyridine rings is 1. The molecule has 0 atom stereocenters. The number of rotatable bonds is 2. The van der Waals surface area contributed by atoms with Gasteiger partial charge in [-0.05, 0) is 12.1 Å². The lowest BCUT2D eigenvalue weighted by Crippen LogP contribution is -2.15. The SMILES string of the molecule is NS(=O)(=O)Cc1ccccn1. The van der Waals surface area contributed by atoms with Crippen LogP contribution in [0.15, 0.2) is 24.4 Å². The van der Waals surface area contributed by atoms with E-state index in [9.17, 15) is 8.42 Å². The summed E-state index contributed by atoms with van der Waals surface area (Å²) < 4.78 is 21.1. The Labute approximate surface area is 65.1 Å². The first-order chi connectivity index (χ1) is 5.08. The molecule has 0 saturated heterocycles. The van der Waals surface area contributed by atoms with Crippen molar-refractivity contribution in [3.05, 3.63) is 30.1 Å². The average molecular weight is 172 g/mol. The Balaban J connectivity index is 2.82. The van der Waals surface area contributed by atoms with Gasteiger partial charge in [0.15, 0.2) is 0 Å². The van der Waals surface area contributed by atoms with Crippen molar-refractivity contribution in [3.8, 4) is 0 Å². The van der Waals surface area contributed by atoms with Gasteiger partial charge in [0, 0.05) is 6.20 Å². The highest BCUT2D eigenvalue weighted by atomic mass is 32.2. The van der Waals surface area contributed by atoms with E-state index in [0.717, 1.165) is 0 Å². The minimum absolute atomic E-state index is 0.201. The largest absolute Gasteiger partial charge is 0.260 e. The van der Waals surface area contributed by atoms with Crippen LogP contribution < -0.4 is 5.14 Å². The predicted molar refractivity (Wildman–Crippen MR) is 41.0 cm³/mol. The first-order valence-electron chi connectivity index (χ1n) is 2.98. The number of primary sulfonamides is 1. The quantitative estimate of drug-likeness (QED) is 0.675. The maximum Gasteiger partial charge on any atom is 0.214 e. The van der Waals surface area contributed by atoms with Gasteiger partial charge in [-0.3, -0.25) is 4.98 Å². The molecule has 0 aliphatic carbocycles. The fraction of sp³-hybridized carbons (Fsp3) is 0.167. The zero-order chi connectivity index (χ0) is 8.32. The molecule has 1 rings (SSSR count). The van der Waals surface area contributed by atoms with Crippen molar-refractivity contribution < 1.29 is 8.42 Å². The van der Waals surface area contributed by atoms with Gasteiger partial charge in [0.25, 0.3) is 0 Å². The van der Waals surface area contributed by atoms with Crippen molar-refractivity contribution in [2.24, 2.45) is 5.14 Å². The fourth-order valence-electron chi connectivity index (χ4n) is 0.690. The summed E-state index contributed by atoms with van der Waals surface area (Å²) >= 11 is 0. The third kappa shape index (κ3) is 3.10. The smallest absolute Gasteiger partial charge is 0.214 e. The summed E-state index contributed by atoms with van der Waals surface area (Å²) in [7, 11) is -3.44. The fourth-order valence-corrected chi connectivity index (χ4v) is 1.27. The van der Waals surface area contributed by atoms with Crippen LogP contribution in [0.3, 0.4) is 0 Å². The van der Waals surface area contributed by atoms with Crippen LogP contribution in [-0.4, -0.2) is 13.4 Å². The summed E-state index contributed by atoms with van der Waals surface area (Å²) in [6, 6.07) is 5.05. The van der Waals surface area contributed by atoms with Crippen LogP contribution in [0.2, 0.25) is 0 Å². The molecule has 0 radical (unpaired) electrons. The molecule has 0 aromatic carbocycles. The molecule has 0 bridgehead atoms. The minimum atomic E-state index is -3.44. The van der Waals surface area contributed by atoms with Crippen molar-refractivity contribution in [1.82, 2.24) is 4.98 Å². The van der Waals surface area contributed by atoms with Gasteiger partial charge in [0.1, 0.15) is 5.75 Å². The molecule has 0 unspecified atom stereocenters. The molecule has 0 aliphatic heterocycles. The second kappa shape index (κ2) is 2.98.